The van der Waals surface area contributed by atoms with E-state index in [1.807, 2.05) is 0 Å². The molecule has 1 aliphatic rings. The Morgan fingerprint density at radius 3 is 2.50 bits per heavy atom. The summed E-state index contributed by atoms with van der Waals surface area (Å²) < 4.78 is 48.0. The first-order chi connectivity index (χ1) is 12.9. The summed E-state index contributed by atoms with van der Waals surface area (Å²) in [5.41, 5.74) is -0.523. The summed E-state index contributed by atoms with van der Waals surface area (Å²) in [6.45, 7) is 2.29. The number of nitrogens with zero attached hydrogens (tertiary/aromatic N) is 2. The minimum Gasteiger partial charge on any atom is -0.476 e. The van der Waals surface area contributed by atoms with E-state index < -0.39 is 11.7 Å². The Morgan fingerprint density at radius 2 is 2.00 bits per heavy atom. The molecule has 1 heterocycles. The predicted octanol–water partition coefficient (Wildman–Crippen LogP) is 3.47. The van der Waals surface area contributed by atoms with Gasteiger partial charge in [-0.15, -0.1) is 24.0 Å². The van der Waals surface area contributed by atoms with Crippen molar-refractivity contribution in [3.63, 3.8) is 0 Å². The lowest BCUT2D eigenvalue weighted by atomic mass is 9.67. The van der Waals surface area contributed by atoms with Crippen LogP contribution in [0.5, 0.6) is 5.88 Å². The second-order valence-corrected chi connectivity index (χ2v) is 6.68. The Kier molecular flexibility index (Phi) is 10.3. The third kappa shape index (κ3) is 7.61. The van der Waals surface area contributed by atoms with Crippen LogP contribution in [0.4, 0.5) is 13.2 Å². The molecule has 0 bridgehead atoms. The summed E-state index contributed by atoms with van der Waals surface area (Å²) >= 11 is 0. The first-order valence-corrected chi connectivity index (χ1v) is 8.98. The number of nitrogens with one attached hydrogen (secondary N) is 2. The van der Waals surface area contributed by atoms with E-state index in [0.717, 1.165) is 31.8 Å². The quantitative estimate of drug-likeness (QED) is 0.228. The van der Waals surface area contributed by atoms with Crippen LogP contribution >= 0.6 is 24.0 Å². The number of hydrogen-bond acceptors (Lipinski definition) is 4. The molecule has 1 aromatic rings. The fourth-order valence-electron chi connectivity index (χ4n) is 2.96. The van der Waals surface area contributed by atoms with Gasteiger partial charge in [0.15, 0.2) is 5.96 Å². The molecule has 2 rings (SSSR count). The molecule has 0 amide bonds. The van der Waals surface area contributed by atoms with Gasteiger partial charge in [-0.2, -0.15) is 13.2 Å². The number of alkyl halides is 3. The number of hydrogen-bond donors (Lipinski definition) is 2. The molecule has 0 spiro atoms. The molecule has 1 aromatic heterocycles. The van der Waals surface area contributed by atoms with Crippen LogP contribution in [0, 0.1) is 5.41 Å². The van der Waals surface area contributed by atoms with Crippen molar-refractivity contribution < 1.29 is 22.6 Å². The summed E-state index contributed by atoms with van der Waals surface area (Å²) in [5.74, 6) is 0.823. The number of halogens is 4. The molecule has 0 radical (unpaired) electrons. The summed E-state index contributed by atoms with van der Waals surface area (Å²) in [5, 5.41) is 6.46. The van der Waals surface area contributed by atoms with Crippen LogP contribution in [-0.2, 0) is 10.9 Å². The zero-order chi connectivity index (χ0) is 19.8. The first-order valence-electron chi connectivity index (χ1n) is 8.98. The minimum atomic E-state index is -4.40. The van der Waals surface area contributed by atoms with Gasteiger partial charge in [-0.3, -0.25) is 4.99 Å². The Bertz CT molecular complexity index is 608. The van der Waals surface area contributed by atoms with Crippen LogP contribution in [0.15, 0.2) is 23.3 Å². The highest BCUT2D eigenvalue weighted by molar-refractivity contribution is 14.0. The molecule has 10 heteroatoms. The zero-order valence-corrected chi connectivity index (χ0v) is 18.5. The highest BCUT2D eigenvalue weighted by atomic mass is 127. The van der Waals surface area contributed by atoms with Crippen molar-refractivity contribution in [2.75, 3.05) is 40.5 Å². The van der Waals surface area contributed by atoms with Crippen molar-refractivity contribution in [3.05, 3.63) is 23.9 Å². The maximum atomic E-state index is 12.5. The first kappa shape index (κ1) is 24.7. The summed E-state index contributed by atoms with van der Waals surface area (Å²) in [7, 11) is 3.40. The van der Waals surface area contributed by atoms with Crippen molar-refractivity contribution in [3.8, 4) is 5.88 Å². The van der Waals surface area contributed by atoms with Crippen LogP contribution in [0.2, 0.25) is 0 Å². The molecule has 0 unspecified atom stereocenters. The number of ether oxygens (including phenoxy) is 2. The highest BCUT2D eigenvalue weighted by Gasteiger charge is 2.36. The molecule has 1 aliphatic carbocycles. The summed E-state index contributed by atoms with van der Waals surface area (Å²) in [6, 6.07) is 2.17. The van der Waals surface area contributed by atoms with Crippen LogP contribution in [0.25, 0.3) is 0 Å². The van der Waals surface area contributed by atoms with Crippen molar-refractivity contribution >= 4 is 29.9 Å². The van der Waals surface area contributed by atoms with E-state index in [-0.39, 0.29) is 41.9 Å². The van der Waals surface area contributed by atoms with Gasteiger partial charge in [0.05, 0.1) is 12.1 Å². The number of aromatic nitrogens is 1. The van der Waals surface area contributed by atoms with Crippen LogP contribution in [0.1, 0.15) is 31.2 Å². The smallest absolute Gasteiger partial charge is 0.417 e. The van der Waals surface area contributed by atoms with E-state index in [1.54, 1.807) is 14.2 Å². The molecule has 0 aliphatic heterocycles. The number of rotatable bonds is 9. The van der Waals surface area contributed by atoms with Gasteiger partial charge in [-0.05, 0) is 30.7 Å². The Morgan fingerprint density at radius 1 is 1.25 bits per heavy atom. The molecule has 6 nitrogen and oxygen atoms in total. The molecule has 0 atom stereocenters. The summed E-state index contributed by atoms with van der Waals surface area (Å²) in [6.07, 6.45) is 1.00. The number of guanidine groups is 1. The normalized spacial score (nSPS) is 16.0. The maximum Gasteiger partial charge on any atom is 0.417 e. The highest BCUT2D eigenvalue weighted by Crippen LogP contribution is 2.43. The second-order valence-electron chi connectivity index (χ2n) is 6.68. The van der Waals surface area contributed by atoms with Gasteiger partial charge in [-0.1, -0.05) is 6.42 Å². The van der Waals surface area contributed by atoms with E-state index in [4.69, 9.17) is 9.47 Å². The number of methoxy groups -OCH3 is 1. The third-order valence-corrected chi connectivity index (χ3v) is 4.81. The molecule has 1 fully saturated rings. The molecule has 1 saturated carbocycles. The lowest BCUT2D eigenvalue weighted by Crippen LogP contribution is -2.47. The fraction of sp³-hybridized carbons (Fsp3) is 0.667. The van der Waals surface area contributed by atoms with E-state index in [9.17, 15) is 13.2 Å². The zero-order valence-electron chi connectivity index (χ0n) is 16.1. The van der Waals surface area contributed by atoms with Crippen LogP contribution in [0.3, 0.4) is 0 Å². The van der Waals surface area contributed by atoms with Crippen molar-refractivity contribution in [2.24, 2.45) is 10.4 Å². The minimum absolute atomic E-state index is 0. The molecular weight excluding hydrogens is 488 g/mol. The number of pyridine rings is 1. The largest absolute Gasteiger partial charge is 0.476 e. The van der Waals surface area contributed by atoms with E-state index in [2.05, 4.69) is 20.6 Å². The van der Waals surface area contributed by atoms with Gasteiger partial charge in [0.2, 0.25) is 5.88 Å². The molecule has 160 valence electrons. The number of aliphatic imine (C=N–C) groups is 1. The van der Waals surface area contributed by atoms with E-state index in [1.165, 1.54) is 25.3 Å². The Balaban J connectivity index is 0.00000392. The van der Waals surface area contributed by atoms with Gasteiger partial charge in [0, 0.05) is 39.6 Å². The molecule has 0 aromatic carbocycles. The van der Waals surface area contributed by atoms with Crippen molar-refractivity contribution in [1.82, 2.24) is 15.6 Å². The average molecular weight is 516 g/mol. The molecule has 0 saturated heterocycles. The van der Waals surface area contributed by atoms with Gasteiger partial charge in [-0.25, -0.2) is 4.98 Å². The SMILES string of the molecule is CN=C(NCCOc1ccc(C(F)(F)F)cn1)NCC1(CCOC)CCC1.I. The predicted molar refractivity (Wildman–Crippen MR) is 112 cm³/mol. The van der Waals surface area contributed by atoms with Gasteiger partial charge in [0.25, 0.3) is 0 Å². The molecule has 28 heavy (non-hydrogen) atoms. The topological polar surface area (TPSA) is 67.8 Å². The van der Waals surface area contributed by atoms with E-state index in [0.29, 0.717) is 12.5 Å². The monoisotopic (exact) mass is 516 g/mol. The maximum absolute atomic E-state index is 12.5. The molecule has 2 N–H and O–H groups in total. The van der Waals surface area contributed by atoms with Crippen molar-refractivity contribution in [1.29, 1.82) is 0 Å². The van der Waals surface area contributed by atoms with Gasteiger partial charge >= 0.3 is 6.18 Å². The third-order valence-electron chi connectivity index (χ3n) is 4.81. The lowest BCUT2D eigenvalue weighted by molar-refractivity contribution is -0.137. The lowest BCUT2D eigenvalue weighted by Gasteiger charge is -2.42. The van der Waals surface area contributed by atoms with E-state index >= 15 is 0 Å². The fourth-order valence-corrected chi connectivity index (χ4v) is 2.96. The van der Waals surface area contributed by atoms with Gasteiger partial charge in [0.1, 0.15) is 6.61 Å². The van der Waals surface area contributed by atoms with Crippen molar-refractivity contribution in [2.45, 2.75) is 31.9 Å². The van der Waals surface area contributed by atoms with Gasteiger partial charge < -0.3 is 20.1 Å². The Hall–Kier alpha value is -1.30. The summed E-state index contributed by atoms with van der Waals surface area (Å²) in [4.78, 5) is 7.85. The average Bonchev–Trinajstić information content (AvgIpc) is 2.61. The second kappa shape index (κ2) is 11.6. The molecular formula is C18H28F3IN4O2. The van der Waals surface area contributed by atoms with Crippen LogP contribution in [-0.4, -0.2) is 51.4 Å². The van der Waals surface area contributed by atoms with Crippen LogP contribution < -0.4 is 15.4 Å². The Labute approximate surface area is 180 Å². The standard InChI is InChI=1S/C18H27F3N4O2.HI/c1-22-16(25-13-17(6-3-7-17)8-10-26-2)23-9-11-27-15-5-4-14(12-24-15)18(19,20)21;/h4-5,12H,3,6-11,13H2,1-2H3,(H2,22,23,25);1H.